The van der Waals surface area contributed by atoms with Crippen molar-refractivity contribution in [2.24, 2.45) is 0 Å². The zero-order chi connectivity index (χ0) is 17.8. The number of Topliss-reactive ketones (excluding diaryl/α,β-unsaturated/α-hetero) is 1. The summed E-state index contributed by atoms with van der Waals surface area (Å²) in [5.41, 5.74) is 4.12. The first-order valence-corrected chi connectivity index (χ1v) is 8.13. The van der Waals surface area contributed by atoms with E-state index in [1.807, 2.05) is 39.0 Å². The van der Waals surface area contributed by atoms with Gasteiger partial charge in [-0.05, 0) is 57.2 Å². The Hall–Kier alpha value is -2.95. The van der Waals surface area contributed by atoms with Crippen LogP contribution in [0.2, 0.25) is 0 Å². The molecule has 0 saturated heterocycles. The van der Waals surface area contributed by atoms with Crippen LogP contribution in [-0.4, -0.2) is 15.9 Å². The van der Waals surface area contributed by atoms with Crippen molar-refractivity contribution in [1.29, 1.82) is 0 Å². The molecule has 0 N–H and O–H groups in total. The van der Waals surface area contributed by atoms with Crippen LogP contribution in [0.25, 0.3) is 0 Å². The molecule has 0 aliphatic rings. The molecule has 0 unspecified atom stereocenters. The highest BCUT2D eigenvalue weighted by molar-refractivity contribution is 5.97. The predicted molar refractivity (Wildman–Crippen MR) is 93.8 cm³/mol. The summed E-state index contributed by atoms with van der Waals surface area (Å²) in [5.74, 6) is 1.50. The minimum absolute atomic E-state index is 0.0374. The van der Waals surface area contributed by atoms with Crippen LogP contribution < -0.4 is 4.74 Å². The monoisotopic (exact) mass is 336 g/mol. The van der Waals surface area contributed by atoms with Gasteiger partial charge in [-0.3, -0.25) is 9.78 Å². The number of ketones is 1. The van der Waals surface area contributed by atoms with Gasteiger partial charge in [-0.1, -0.05) is 11.2 Å². The lowest BCUT2D eigenvalue weighted by molar-refractivity contribution is 0.0992. The van der Waals surface area contributed by atoms with E-state index < -0.39 is 0 Å². The zero-order valence-electron chi connectivity index (χ0n) is 14.6. The number of hydrogen-bond donors (Lipinski definition) is 0. The van der Waals surface area contributed by atoms with E-state index in [-0.39, 0.29) is 5.78 Å². The smallest absolute Gasteiger partial charge is 0.168 e. The molecule has 2 aromatic heterocycles. The Morgan fingerprint density at radius 3 is 2.48 bits per heavy atom. The van der Waals surface area contributed by atoms with Crippen molar-refractivity contribution >= 4 is 5.78 Å². The summed E-state index contributed by atoms with van der Waals surface area (Å²) in [6.45, 7) is 6.05. The average molecular weight is 336 g/mol. The molecule has 0 fully saturated rings. The summed E-state index contributed by atoms with van der Waals surface area (Å²) in [6.07, 6.45) is 0.293. The summed E-state index contributed by atoms with van der Waals surface area (Å²) in [5, 5.41) is 3.91. The molecule has 25 heavy (non-hydrogen) atoms. The highest BCUT2D eigenvalue weighted by Gasteiger charge is 2.11. The van der Waals surface area contributed by atoms with Gasteiger partial charge in [0.15, 0.2) is 5.78 Å². The molecule has 0 aliphatic carbocycles. The molecule has 0 saturated carbocycles. The van der Waals surface area contributed by atoms with E-state index >= 15 is 0 Å². The summed E-state index contributed by atoms with van der Waals surface area (Å²) < 4.78 is 10.9. The highest BCUT2D eigenvalue weighted by atomic mass is 16.5. The van der Waals surface area contributed by atoms with E-state index in [9.17, 15) is 4.79 Å². The van der Waals surface area contributed by atoms with Crippen LogP contribution in [0.5, 0.6) is 5.75 Å². The van der Waals surface area contributed by atoms with Crippen molar-refractivity contribution in [2.75, 3.05) is 0 Å². The number of benzene rings is 1. The second kappa shape index (κ2) is 7.30. The van der Waals surface area contributed by atoms with E-state index in [1.54, 1.807) is 24.3 Å². The maximum Gasteiger partial charge on any atom is 0.168 e. The van der Waals surface area contributed by atoms with Crippen LogP contribution in [0.4, 0.5) is 0 Å². The molecular weight excluding hydrogens is 316 g/mol. The van der Waals surface area contributed by atoms with Gasteiger partial charge in [0.25, 0.3) is 0 Å². The highest BCUT2D eigenvalue weighted by Crippen LogP contribution is 2.18. The van der Waals surface area contributed by atoms with Crippen molar-refractivity contribution in [2.45, 2.75) is 33.8 Å². The molecule has 0 spiro atoms. The Labute approximate surface area is 146 Å². The third kappa shape index (κ3) is 4.12. The average Bonchev–Trinajstić information content (AvgIpc) is 2.92. The quantitative estimate of drug-likeness (QED) is 0.637. The van der Waals surface area contributed by atoms with Gasteiger partial charge in [-0.25, -0.2) is 0 Å². The Morgan fingerprint density at radius 1 is 1.08 bits per heavy atom. The number of hydrogen-bond acceptors (Lipinski definition) is 5. The first kappa shape index (κ1) is 16.9. The Balaban J connectivity index is 1.62. The van der Waals surface area contributed by atoms with Gasteiger partial charge in [-0.15, -0.1) is 0 Å². The molecular formula is C20H20N2O3. The summed E-state index contributed by atoms with van der Waals surface area (Å²) >= 11 is 0. The predicted octanol–water partition coefficient (Wildman–Crippen LogP) is 4.00. The fourth-order valence-corrected chi connectivity index (χ4v) is 2.57. The van der Waals surface area contributed by atoms with Crippen molar-refractivity contribution < 1.29 is 14.1 Å². The van der Waals surface area contributed by atoms with E-state index in [0.29, 0.717) is 24.3 Å². The zero-order valence-corrected chi connectivity index (χ0v) is 14.6. The molecule has 0 radical (unpaired) electrons. The standard InChI is InChI=1S/C20H20N2O3/c1-13-5-4-6-17(21-13)11-20(23)16-7-9-18(10-8-16)24-12-19-14(2)22-25-15(19)3/h4-10H,11-12H2,1-3H3. The normalized spacial score (nSPS) is 10.7. The molecule has 3 aromatic rings. The summed E-state index contributed by atoms with van der Waals surface area (Å²) in [6, 6.07) is 12.9. The second-order valence-corrected chi connectivity index (χ2v) is 5.99. The minimum Gasteiger partial charge on any atom is -0.489 e. The van der Waals surface area contributed by atoms with Gasteiger partial charge in [0, 0.05) is 17.0 Å². The summed E-state index contributed by atoms with van der Waals surface area (Å²) in [4.78, 5) is 16.7. The van der Waals surface area contributed by atoms with Crippen molar-refractivity contribution in [3.05, 3.63) is 76.4 Å². The molecule has 5 heteroatoms. The van der Waals surface area contributed by atoms with Gasteiger partial charge in [-0.2, -0.15) is 0 Å². The lowest BCUT2D eigenvalue weighted by Crippen LogP contribution is -2.05. The maximum atomic E-state index is 12.4. The van der Waals surface area contributed by atoms with Crippen LogP contribution in [0, 0.1) is 20.8 Å². The van der Waals surface area contributed by atoms with Gasteiger partial charge in [0.1, 0.15) is 18.1 Å². The van der Waals surface area contributed by atoms with Crippen molar-refractivity contribution in [3.8, 4) is 5.75 Å². The second-order valence-electron chi connectivity index (χ2n) is 5.99. The first-order chi connectivity index (χ1) is 12.0. The Bertz CT molecular complexity index is 863. The molecule has 0 atom stereocenters. The van der Waals surface area contributed by atoms with Gasteiger partial charge in [0.05, 0.1) is 17.7 Å². The minimum atomic E-state index is 0.0374. The van der Waals surface area contributed by atoms with Crippen LogP contribution in [-0.2, 0) is 13.0 Å². The molecule has 0 aliphatic heterocycles. The number of aryl methyl sites for hydroxylation is 3. The lowest BCUT2D eigenvalue weighted by atomic mass is 10.1. The van der Waals surface area contributed by atoms with Crippen LogP contribution in [0.1, 0.15) is 38.8 Å². The topological polar surface area (TPSA) is 65.2 Å². The Kier molecular flexibility index (Phi) is 4.93. The van der Waals surface area contributed by atoms with E-state index in [2.05, 4.69) is 10.1 Å². The largest absolute Gasteiger partial charge is 0.489 e. The molecule has 128 valence electrons. The maximum absolute atomic E-state index is 12.4. The lowest BCUT2D eigenvalue weighted by Gasteiger charge is -2.07. The molecule has 5 nitrogen and oxygen atoms in total. The number of nitrogens with zero attached hydrogens (tertiary/aromatic N) is 2. The number of carbonyl (C=O) groups is 1. The fourth-order valence-electron chi connectivity index (χ4n) is 2.57. The van der Waals surface area contributed by atoms with Crippen LogP contribution in [0.3, 0.4) is 0 Å². The van der Waals surface area contributed by atoms with E-state index in [0.717, 1.165) is 28.4 Å². The van der Waals surface area contributed by atoms with Gasteiger partial charge >= 0.3 is 0 Å². The van der Waals surface area contributed by atoms with Crippen molar-refractivity contribution in [3.63, 3.8) is 0 Å². The fraction of sp³-hybridized carbons (Fsp3) is 0.250. The van der Waals surface area contributed by atoms with Crippen LogP contribution >= 0.6 is 0 Å². The molecule has 0 amide bonds. The molecule has 0 bridgehead atoms. The van der Waals surface area contributed by atoms with E-state index in [1.165, 1.54) is 0 Å². The third-order valence-electron chi connectivity index (χ3n) is 4.03. The number of ether oxygens (including phenoxy) is 1. The molecule has 2 heterocycles. The summed E-state index contributed by atoms with van der Waals surface area (Å²) in [7, 11) is 0. The van der Waals surface area contributed by atoms with Gasteiger partial charge < -0.3 is 9.26 Å². The Morgan fingerprint density at radius 2 is 1.84 bits per heavy atom. The number of aromatic nitrogens is 2. The number of pyridine rings is 1. The van der Waals surface area contributed by atoms with E-state index in [4.69, 9.17) is 9.26 Å². The molecule has 3 rings (SSSR count). The van der Waals surface area contributed by atoms with Gasteiger partial charge in [0.2, 0.25) is 0 Å². The number of carbonyl (C=O) groups excluding carboxylic acids is 1. The number of rotatable bonds is 6. The van der Waals surface area contributed by atoms with Crippen LogP contribution in [0.15, 0.2) is 47.0 Å². The third-order valence-corrected chi connectivity index (χ3v) is 4.03. The molecule has 1 aromatic carbocycles. The van der Waals surface area contributed by atoms with Crippen molar-refractivity contribution in [1.82, 2.24) is 10.1 Å². The first-order valence-electron chi connectivity index (χ1n) is 8.13. The SMILES string of the molecule is Cc1cccc(CC(=O)c2ccc(OCc3c(C)noc3C)cc2)n1.